The van der Waals surface area contributed by atoms with E-state index in [0.29, 0.717) is 6.61 Å². The fourth-order valence-electron chi connectivity index (χ4n) is 1.33. The second-order valence-electron chi connectivity index (χ2n) is 3.32. The Morgan fingerprint density at radius 1 is 0.812 bits per heavy atom. The first-order valence-corrected chi connectivity index (χ1v) is 5.58. The maximum Gasteiger partial charge on any atom is 0.179 e. The monoisotopic (exact) mass is 278 g/mol. The average molecular weight is 279 g/mol. The van der Waals surface area contributed by atoms with Crippen molar-refractivity contribution in [2.45, 2.75) is 6.61 Å². The summed E-state index contributed by atoms with van der Waals surface area (Å²) in [6.07, 6.45) is 0. The molecule has 0 bridgehead atoms. The second-order valence-corrected chi connectivity index (χ2v) is 3.65. The van der Waals surface area contributed by atoms with Crippen LogP contribution in [-0.2, 0) is 6.61 Å². The van der Waals surface area contributed by atoms with Gasteiger partial charge in [-0.15, -0.1) is 0 Å². The van der Waals surface area contributed by atoms with E-state index in [0.717, 1.165) is 17.1 Å². The van der Waals surface area contributed by atoms with E-state index in [1.807, 2.05) is 54.6 Å². The molecule has 0 unspecified atom stereocenters. The maximum absolute atomic E-state index is 5.62. The van der Waals surface area contributed by atoms with Crippen LogP contribution in [0.5, 0.6) is 11.5 Å². The van der Waals surface area contributed by atoms with Gasteiger partial charge < -0.3 is 8.57 Å². The Kier molecular flexibility index (Phi) is 3.83. The molecule has 0 radical (unpaired) electrons. The number of hydrogen-bond acceptors (Lipinski definition) is 2. The Bertz CT molecular complexity index is 425. The molecule has 0 atom stereocenters. The van der Waals surface area contributed by atoms with Gasteiger partial charge in [0, 0.05) is 0 Å². The predicted molar refractivity (Wildman–Crippen MR) is 66.8 cm³/mol. The maximum atomic E-state index is 5.62. The van der Waals surface area contributed by atoms with Crippen molar-refractivity contribution in [3.63, 3.8) is 0 Å². The first-order valence-electron chi connectivity index (χ1n) is 4.94. The van der Waals surface area contributed by atoms with E-state index in [2.05, 4.69) is 16.3 Å². The van der Waals surface area contributed by atoms with Crippen molar-refractivity contribution in [1.82, 2.24) is 0 Å². The average Bonchev–Trinajstić information content (AvgIpc) is 2.38. The van der Waals surface area contributed by atoms with Gasteiger partial charge in [0.05, 0.1) is 0 Å². The van der Waals surface area contributed by atoms with Crippen LogP contribution in [0.3, 0.4) is 0 Å². The van der Waals surface area contributed by atoms with Gasteiger partial charge in [-0.3, -0.25) is 0 Å². The van der Waals surface area contributed by atoms with Gasteiger partial charge in [0.15, 0.2) is 16.3 Å². The second kappa shape index (κ2) is 5.56. The smallest absolute Gasteiger partial charge is 0.179 e. The fraction of sp³-hybridized carbons (Fsp3) is 0.0769. The Morgan fingerprint density at radius 3 is 2.06 bits per heavy atom. The van der Waals surface area contributed by atoms with Crippen LogP contribution in [-0.4, -0.2) is 0 Å². The number of halogens is 1. The number of rotatable bonds is 4. The van der Waals surface area contributed by atoms with E-state index in [-0.39, 0.29) is 0 Å². The highest BCUT2D eigenvalue weighted by molar-refractivity contribution is 9.06. The molecule has 0 saturated heterocycles. The Labute approximate surface area is 103 Å². The quantitative estimate of drug-likeness (QED) is 0.843. The standard InChI is InChI=1S/C13H11BrO2/c14-16-13-8-6-12(7-9-13)15-10-11-4-2-1-3-5-11/h1-9H,10H2. The lowest BCUT2D eigenvalue weighted by atomic mass is 10.2. The molecule has 0 heterocycles. The molecule has 0 aliphatic carbocycles. The van der Waals surface area contributed by atoms with Crippen molar-refractivity contribution in [3.05, 3.63) is 60.2 Å². The topological polar surface area (TPSA) is 18.5 Å². The largest absolute Gasteiger partial charge is 0.489 e. The summed E-state index contributed by atoms with van der Waals surface area (Å²) in [4.78, 5) is 0. The van der Waals surface area contributed by atoms with Crippen molar-refractivity contribution >= 4 is 16.3 Å². The van der Waals surface area contributed by atoms with Crippen molar-refractivity contribution in [2.75, 3.05) is 0 Å². The van der Waals surface area contributed by atoms with E-state index in [1.54, 1.807) is 0 Å². The molecule has 16 heavy (non-hydrogen) atoms. The molecule has 0 spiro atoms. The normalized spacial score (nSPS) is 9.81. The van der Waals surface area contributed by atoms with Gasteiger partial charge in [0.1, 0.15) is 18.1 Å². The Hall–Kier alpha value is -1.48. The summed E-state index contributed by atoms with van der Waals surface area (Å²) >= 11 is 2.92. The molecule has 2 nitrogen and oxygen atoms in total. The SMILES string of the molecule is BrOc1ccc(OCc2ccccc2)cc1. The molecule has 0 aliphatic rings. The van der Waals surface area contributed by atoms with Crippen LogP contribution in [0.25, 0.3) is 0 Å². The molecule has 0 saturated carbocycles. The molecule has 0 aromatic heterocycles. The zero-order chi connectivity index (χ0) is 11.2. The summed E-state index contributed by atoms with van der Waals surface area (Å²) in [5, 5.41) is 0. The van der Waals surface area contributed by atoms with E-state index >= 15 is 0 Å². The molecule has 0 N–H and O–H groups in total. The molecule has 82 valence electrons. The van der Waals surface area contributed by atoms with Crippen LogP contribution in [0.4, 0.5) is 0 Å². The van der Waals surface area contributed by atoms with Crippen LogP contribution in [0.15, 0.2) is 54.6 Å². The third kappa shape index (κ3) is 3.00. The van der Waals surface area contributed by atoms with Gasteiger partial charge in [-0.1, -0.05) is 30.3 Å². The molecule has 2 aromatic carbocycles. The summed E-state index contributed by atoms with van der Waals surface area (Å²) in [5.41, 5.74) is 1.16. The van der Waals surface area contributed by atoms with Gasteiger partial charge in [-0.25, -0.2) is 0 Å². The third-order valence-corrected chi connectivity index (χ3v) is 2.53. The summed E-state index contributed by atoms with van der Waals surface area (Å²) in [6, 6.07) is 17.5. The van der Waals surface area contributed by atoms with Crippen LogP contribution in [0.2, 0.25) is 0 Å². The highest BCUT2D eigenvalue weighted by atomic mass is 79.9. The molecule has 2 rings (SSSR count). The molecular formula is C13H11BrO2. The summed E-state index contributed by atoms with van der Waals surface area (Å²) in [6.45, 7) is 0.579. The van der Waals surface area contributed by atoms with Crippen LogP contribution in [0.1, 0.15) is 5.56 Å². The van der Waals surface area contributed by atoms with Gasteiger partial charge in [-0.05, 0) is 29.8 Å². The fourth-order valence-corrected chi connectivity index (χ4v) is 1.54. The van der Waals surface area contributed by atoms with E-state index in [4.69, 9.17) is 8.57 Å². The lowest BCUT2D eigenvalue weighted by Crippen LogP contribution is -1.94. The number of benzene rings is 2. The van der Waals surface area contributed by atoms with E-state index < -0.39 is 0 Å². The highest BCUT2D eigenvalue weighted by Gasteiger charge is 1.96. The van der Waals surface area contributed by atoms with Gasteiger partial charge in [0.2, 0.25) is 0 Å². The first-order chi connectivity index (χ1) is 7.88. The van der Waals surface area contributed by atoms with E-state index in [1.165, 1.54) is 0 Å². The zero-order valence-electron chi connectivity index (χ0n) is 8.60. The van der Waals surface area contributed by atoms with Crippen LogP contribution in [0, 0.1) is 0 Å². The minimum atomic E-state index is 0.579. The summed E-state index contributed by atoms with van der Waals surface area (Å²) in [7, 11) is 0. The minimum Gasteiger partial charge on any atom is -0.489 e. The lowest BCUT2D eigenvalue weighted by molar-refractivity contribution is 0.306. The predicted octanol–water partition coefficient (Wildman–Crippen LogP) is 3.95. The van der Waals surface area contributed by atoms with Gasteiger partial charge in [-0.2, -0.15) is 0 Å². The van der Waals surface area contributed by atoms with Crippen LogP contribution >= 0.6 is 16.3 Å². The minimum absolute atomic E-state index is 0.579. The lowest BCUT2D eigenvalue weighted by Gasteiger charge is -2.06. The highest BCUT2D eigenvalue weighted by Crippen LogP contribution is 2.19. The molecule has 0 fully saturated rings. The first kappa shape index (κ1) is 11.0. The van der Waals surface area contributed by atoms with Crippen LogP contribution < -0.4 is 8.57 Å². The van der Waals surface area contributed by atoms with Crippen molar-refractivity contribution < 1.29 is 8.57 Å². The zero-order valence-corrected chi connectivity index (χ0v) is 10.2. The summed E-state index contributed by atoms with van der Waals surface area (Å²) in [5.74, 6) is 1.59. The molecule has 2 aromatic rings. The number of hydrogen-bond donors (Lipinski definition) is 0. The Morgan fingerprint density at radius 2 is 1.44 bits per heavy atom. The summed E-state index contributed by atoms with van der Waals surface area (Å²) < 4.78 is 10.5. The van der Waals surface area contributed by atoms with Gasteiger partial charge >= 0.3 is 0 Å². The molecule has 3 heteroatoms. The molecule has 0 aliphatic heterocycles. The Balaban J connectivity index is 1.94. The molecular weight excluding hydrogens is 268 g/mol. The third-order valence-electron chi connectivity index (χ3n) is 2.16. The molecule has 0 amide bonds. The van der Waals surface area contributed by atoms with Gasteiger partial charge in [0.25, 0.3) is 0 Å². The van der Waals surface area contributed by atoms with Crippen molar-refractivity contribution in [1.29, 1.82) is 0 Å². The van der Waals surface area contributed by atoms with Crippen molar-refractivity contribution in [2.24, 2.45) is 0 Å². The van der Waals surface area contributed by atoms with Crippen molar-refractivity contribution in [3.8, 4) is 11.5 Å². The number of ether oxygens (including phenoxy) is 1. The van der Waals surface area contributed by atoms with E-state index in [9.17, 15) is 0 Å².